The number of aryl methyl sites for hydroxylation is 2. The lowest BCUT2D eigenvalue weighted by atomic mass is 10.1. The molecule has 0 aliphatic rings. The normalized spacial score (nSPS) is 10.6. The Hall–Kier alpha value is -2.40. The van der Waals surface area contributed by atoms with Crippen molar-refractivity contribution < 1.29 is 4.79 Å². The van der Waals surface area contributed by atoms with Gasteiger partial charge in [0.25, 0.3) is 5.91 Å². The molecule has 4 nitrogen and oxygen atoms in total. The molecule has 122 valence electrons. The summed E-state index contributed by atoms with van der Waals surface area (Å²) in [5.41, 5.74) is 4.66. The smallest absolute Gasteiger partial charge is 0.255 e. The number of benzene rings is 2. The number of amides is 1. The fraction of sp³-hybridized carbons (Fsp3) is 0.158. The Labute approximate surface area is 149 Å². The van der Waals surface area contributed by atoms with Crippen molar-refractivity contribution in [3.63, 3.8) is 0 Å². The highest BCUT2D eigenvalue weighted by Crippen LogP contribution is 2.15. The topological polar surface area (TPSA) is 46.9 Å². The molecule has 0 bridgehead atoms. The van der Waals surface area contributed by atoms with Gasteiger partial charge in [-0.05, 0) is 61.9 Å². The number of halogens is 1. The summed E-state index contributed by atoms with van der Waals surface area (Å²) < 4.78 is 2.95. The maximum absolute atomic E-state index is 12.3. The molecule has 1 amide bonds. The lowest BCUT2D eigenvalue weighted by Crippen LogP contribution is -2.12. The van der Waals surface area contributed by atoms with Gasteiger partial charge in [-0.1, -0.05) is 28.1 Å². The highest BCUT2D eigenvalue weighted by molar-refractivity contribution is 9.10. The van der Waals surface area contributed by atoms with Crippen LogP contribution < -0.4 is 5.32 Å². The van der Waals surface area contributed by atoms with E-state index in [1.807, 2.05) is 67.1 Å². The molecule has 5 heteroatoms. The summed E-state index contributed by atoms with van der Waals surface area (Å²) in [7, 11) is 0. The minimum atomic E-state index is -0.116. The van der Waals surface area contributed by atoms with E-state index in [4.69, 9.17) is 0 Å². The average molecular weight is 384 g/mol. The maximum atomic E-state index is 12.3. The van der Waals surface area contributed by atoms with E-state index in [1.165, 1.54) is 0 Å². The predicted molar refractivity (Wildman–Crippen MR) is 99.3 cm³/mol. The van der Waals surface area contributed by atoms with Crippen molar-refractivity contribution >= 4 is 27.5 Å². The Balaban J connectivity index is 1.68. The Kier molecular flexibility index (Phi) is 4.81. The monoisotopic (exact) mass is 383 g/mol. The third-order valence-electron chi connectivity index (χ3n) is 3.75. The summed E-state index contributed by atoms with van der Waals surface area (Å²) >= 11 is 3.38. The molecule has 1 N–H and O–H groups in total. The van der Waals surface area contributed by atoms with Crippen LogP contribution in [0.4, 0.5) is 5.69 Å². The van der Waals surface area contributed by atoms with Crippen LogP contribution >= 0.6 is 15.9 Å². The zero-order valence-corrected chi connectivity index (χ0v) is 15.2. The molecule has 0 fully saturated rings. The van der Waals surface area contributed by atoms with Gasteiger partial charge in [-0.25, -0.2) is 0 Å². The molecule has 2 aromatic carbocycles. The first kappa shape index (κ1) is 16.5. The standard InChI is InChI=1S/C19H18BrN3O/c1-13-11-14(2)23(22-13)12-15-3-5-16(6-4-15)19(24)21-18-9-7-17(20)8-10-18/h3-11H,12H2,1-2H3,(H,21,24). The average Bonchev–Trinajstić information content (AvgIpc) is 2.88. The van der Waals surface area contributed by atoms with Gasteiger partial charge < -0.3 is 5.32 Å². The summed E-state index contributed by atoms with van der Waals surface area (Å²) in [6.07, 6.45) is 0. The third-order valence-corrected chi connectivity index (χ3v) is 4.28. The number of rotatable bonds is 4. The van der Waals surface area contributed by atoms with Crippen molar-refractivity contribution in [1.82, 2.24) is 9.78 Å². The number of hydrogen-bond donors (Lipinski definition) is 1. The Morgan fingerprint density at radius 2 is 1.75 bits per heavy atom. The third kappa shape index (κ3) is 3.92. The fourth-order valence-corrected chi connectivity index (χ4v) is 2.77. The molecule has 1 heterocycles. The van der Waals surface area contributed by atoms with E-state index in [-0.39, 0.29) is 5.91 Å². The second kappa shape index (κ2) is 7.01. The van der Waals surface area contributed by atoms with Gasteiger partial charge in [0.05, 0.1) is 12.2 Å². The van der Waals surface area contributed by atoms with Crippen LogP contribution in [-0.4, -0.2) is 15.7 Å². The maximum Gasteiger partial charge on any atom is 0.255 e. The lowest BCUT2D eigenvalue weighted by Gasteiger charge is -2.08. The van der Waals surface area contributed by atoms with Crippen LogP contribution in [0.2, 0.25) is 0 Å². The zero-order chi connectivity index (χ0) is 17.1. The second-order valence-corrected chi connectivity index (χ2v) is 6.66. The van der Waals surface area contributed by atoms with Crippen LogP contribution in [0.15, 0.2) is 59.1 Å². The highest BCUT2D eigenvalue weighted by atomic mass is 79.9. The molecule has 24 heavy (non-hydrogen) atoms. The van der Waals surface area contributed by atoms with Crippen LogP contribution in [-0.2, 0) is 6.54 Å². The van der Waals surface area contributed by atoms with Gasteiger partial charge in [-0.15, -0.1) is 0 Å². The van der Waals surface area contributed by atoms with E-state index < -0.39 is 0 Å². The van der Waals surface area contributed by atoms with Crippen molar-refractivity contribution in [3.05, 3.63) is 81.6 Å². The van der Waals surface area contributed by atoms with Gasteiger partial charge in [-0.3, -0.25) is 9.48 Å². The summed E-state index contributed by atoms with van der Waals surface area (Å²) in [5.74, 6) is -0.116. The molecule has 0 radical (unpaired) electrons. The van der Waals surface area contributed by atoms with E-state index in [0.717, 1.165) is 27.1 Å². The summed E-state index contributed by atoms with van der Waals surface area (Å²) in [4.78, 5) is 12.3. The first-order chi connectivity index (χ1) is 11.5. The van der Waals surface area contributed by atoms with Gasteiger partial charge in [0, 0.05) is 21.4 Å². The first-order valence-corrected chi connectivity index (χ1v) is 8.47. The van der Waals surface area contributed by atoms with Crippen molar-refractivity contribution in [1.29, 1.82) is 0 Å². The van der Waals surface area contributed by atoms with Crippen LogP contribution in [0, 0.1) is 13.8 Å². The highest BCUT2D eigenvalue weighted by Gasteiger charge is 2.07. The van der Waals surface area contributed by atoms with Gasteiger partial charge in [0.2, 0.25) is 0 Å². The molecule has 0 spiro atoms. The van der Waals surface area contributed by atoms with Crippen molar-refractivity contribution in [2.45, 2.75) is 20.4 Å². The van der Waals surface area contributed by atoms with Crippen molar-refractivity contribution in [2.24, 2.45) is 0 Å². The lowest BCUT2D eigenvalue weighted by molar-refractivity contribution is 0.102. The van der Waals surface area contributed by atoms with Gasteiger partial charge >= 0.3 is 0 Å². The number of aromatic nitrogens is 2. The van der Waals surface area contributed by atoms with Gasteiger partial charge in [-0.2, -0.15) is 5.10 Å². The molecular formula is C19H18BrN3O. The zero-order valence-electron chi connectivity index (χ0n) is 13.6. The number of hydrogen-bond acceptors (Lipinski definition) is 2. The number of nitrogens with zero attached hydrogens (tertiary/aromatic N) is 2. The number of carbonyl (C=O) groups excluding carboxylic acids is 1. The van der Waals surface area contributed by atoms with E-state index in [1.54, 1.807) is 0 Å². The van der Waals surface area contributed by atoms with Gasteiger partial charge in [0.15, 0.2) is 0 Å². The number of nitrogens with one attached hydrogen (secondary N) is 1. The Morgan fingerprint density at radius 1 is 1.08 bits per heavy atom. The van der Waals surface area contributed by atoms with E-state index in [9.17, 15) is 4.79 Å². The van der Waals surface area contributed by atoms with Gasteiger partial charge in [0.1, 0.15) is 0 Å². The van der Waals surface area contributed by atoms with E-state index in [2.05, 4.69) is 32.4 Å². The molecule has 0 aliphatic carbocycles. The quantitative estimate of drug-likeness (QED) is 0.717. The minimum Gasteiger partial charge on any atom is -0.322 e. The molecule has 3 rings (SSSR count). The predicted octanol–water partition coefficient (Wildman–Crippen LogP) is 4.56. The Morgan fingerprint density at radius 3 is 2.33 bits per heavy atom. The van der Waals surface area contributed by atoms with Crippen LogP contribution in [0.3, 0.4) is 0 Å². The number of carbonyl (C=O) groups is 1. The Bertz CT molecular complexity index is 851. The van der Waals surface area contributed by atoms with E-state index >= 15 is 0 Å². The summed E-state index contributed by atoms with van der Waals surface area (Å²) in [5, 5.41) is 7.35. The van der Waals surface area contributed by atoms with E-state index in [0.29, 0.717) is 12.1 Å². The minimum absolute atomic E-state index is 0.116. The summed E-state index contributed by atoms with van der Waals surface area (Å²) in [6, 6.07) is 17.2. The first-order valence-electron chi connectivity index (χ1n) is 7.68. The number of anilines is 1. The fourth-order valence-electron chi connectivity index (χ4n) is 2.51. The molecule has 0 saturated heterocycles. The van der Waals surface area contributed by atoms with Crippen LogP contribution in [0.5, 0.6) is 0 Å². The molecule has 0 unspecified atom stereocenters. The molecule has 3 aromatic rings. The molecule has 0 aliphatic heterocycles. The van der Waals surface area contributed by atoms with Crippen molar-refractivity contribution in [3.8, 4) is 0 Å². The van der Waals surface area contributed by atoms with Crippen LogP contribution in [0.1, 0.15) is 27.3 Å². The molecule has 1 aromatic heterocycles. The summed E-state index contributed by atoms with van der Waals surface area (Å²) in [6.45, 7) is 4.73. The second-order valence-electron chi connectivity index (χ2n) is 5.74. The molecule has 0 saturated carbocycles. The van der Waals surface area contributed by atoms with Crippen LogP contribution in [0.25, 0.3) is 0 Å². The molecule has 0 atom stereocenters. The largest absolute Gasteiger partial charge is 0.322 e. The van der Waals surface area contributed by atoms with Crippen molar-refractivity contribution in [2.75, 3.05) is 5.32 Å². The SMILES string of the molecule is Cc1cc(C)n(Cc2ccc(C(=O)Nc3ccc(Br)cc3)cc2)n1. The molecular weight excluding hydrogens is 366 g/mol.